The molecule has 1 fully saturated rings. The van der Waals surface area contributed by atoms with Gasteiger partial charge in [0.2, 0.25) is 0 Å². The van der Waals surface area contributed by atoms with Crippen LogP contribution in [-0.4, -0.2) is 46.2 Å². The highest BCUT2D eigenvalue weighted by atomic mass is 32.1. The zero-order valence-electron chi connectivity index (χ0n) is 16.1. The van der Waals surface area contributed by atoms with Gasteiger partial charge in [-0.15, -0.1) is 11.3 Å². The van der Waals surface area contributed by atoms with Crippen LogP contribution in [-0.2, 0) is 0 Å². The minimum Gasteiger partial charge on any atom is -0.348 e. The number of piperidine rings is 1. The van der Waals surface area contributed by atoms with Gasteiger partial charge in [0.1, 0.15) is 0 Å². The summed E-state index contributed by atoms with van der Waals surface area (Å²) in [5.74, 6) is -0.187. The summed E-state index contributed by atoms with van der Waals surface area (Å²) in [5, 5.41) is 13.0. The number of thiophene rings is 1. The summed E-state index contributed by atoms with van der Waals surface area (Å²) in [6.45, 7) is 3.25. The molecule has 29 heavy (non-hydrogen) atoms. The van der Waals surface area contributed by atoms with E-state index >= 15 is 0 Å². The zero-order valence-corrected chi connectivity index (χ0v) is 17.0. The van der Waals surface area contributed by atoms with Crippen molar-refractivity contribution < 1.29 is 9.59 Å². The van der Waals surface area contributed by atoms with Crippen LogP contribution in [0.15, 0.2) is 48.5 Å². The number of urea groups is 1. The summed E-state index contributed by atoms with van der Waals surface area (Å²) < 4.78 is 0. The number of para-hydroxylation sites is 1. The number of nitrogens with one attached hydrogen (secondary N) is 3. The van der Waals surface area contributed by atoms with Gasteiger partial charge in [-0.2, -0.15) is 5.10 Å². The van der Waals surface area contributed by atoms with Gasteiger partial charge < -0.3 is 15.5 Å². The Morgan fingerprint density at radius 3 is 2.59 bits per heavy atom. The van der Waals surface area contributed by atoms with Crippen LogP contribution >= 0.6 is 11.3 Å². The van der Waals surface area contributed by atoms with Crippen molar-refractivity contribution in [2.75, 3.05) is 18.4 Å². The summed E-state index contributed by atoms with van der Waals surface area (Å²) in [4.78, 5) is 29.0. The van der Waals surface area contributed by atoms with Gasteiger partial charge in [-0.3, -0.25) is 9.89 Å². The number of nitrogens with zero attached hydrogens (tertiary/aromatic N) is 2. The van der Waals surface area contributed by atoms with Gasteiger partial charge in [-0.25, -0.2) is 4.79 Å². The lowest BCUT2D eigenvalue weighted by Gasteiger charge is -2.32. The van der Waals surface area contributed by atoms with E-state index in [4.69, 9.17) is 0 Å². The Bertz CT molecular complexity index is 989. The van der Waals surface area contributed by atoms with Gasteiger partial charge in [0.25, 0.3) is 5.91 Å². The molecule has 3 amide bonds. The Kier molecular flexibility index (Phi) is 5.62. The maximum Gasteiger partial charge on any atom is 0.321 e. The molecule has 0 saturated carbocycles. The molecule has 1 aromatic carbocycles. The van der Waals surface area contributed by atoms with E-state index in [1.165, 1.54) is 4.88 Å². The largest absolute Gasteiger partial charge is 0.348 e. The van der Waals surface area contributed by atoms with Crippen LogP contribution in [0.4, 0.5) is 10.5 Å². The molecule has 2 aromatic heterocycles. The molecule has 0 unspecified atom stereocenters. The molecule has 1 saturated heterocycles. The molecular weight excluding hydrogens is 386 g/mol. The summed E-state index contributed by atoms with van der Waals surface area (Å²) >= 11 is 1.66. The van der Waals surface area contributed by atoms with Crippen LogP contribution < -0.4 is 10.6 Å². The molecule has 1 aliphatic heterocycles. The van der Waals surface area contributed by atoms with Crippen LogP contribution in [0.5, 0.6) is 0 Å². The van der Waals surface area contributed by atoms with Crippen molar-refractivity contribution in [2.45, 2.75) is 25.8 Å². The standard InChI is InChI=1S/C21H23N5O2S/c1-14-7-8-19(29-14)17-13-18(25-24-17)20(27)22-16-9-11-26(12-10-16)21(28)23-15-5-3-2-4-6-15/h2-8,13,16H,9-12H2,1H3,(H,22,27)(H,23,28)(H,24,25). The molecule has 0 bridgehead atoms. The first kappa shape index (κ1) is 19.2. The fourth-order valence-corrected chi connectivity index (χ4v) is 4.19. The van der Waals surface area contributed by atoms with E-state index in [9.17, 15) is 9.59 Å². The minimum absolute atomic E-state index is 0.0346. The molecule has 150 valence electrons. The lowest BCUT2D eigenvalue weighted by Crippen LogP contribution is -2.47. The second-order valence-electron chi connectivity index (χ2n) is 7.11. The Morgan fingerprint density at radius 1 is 1.14 bits per heavy atom. The van der Waals surface area contributed by atoms with Crippen molar-refractivity contribution in [1.29, 1.82) is 0 Å². The quantitative estimate of drug-likeness (QED) is 0.611. The number of carbonyl (C=O) groups is 2. The molecule has 0 spiro atoms. The van der Waals surface area contributed by atoms with Crippen molar-refractivity contribution in [3.8, 4) is 10.6 Å². The molecule has 0 radical (unpaired) electrons. The highest BCUT2D eigenvalue weighted by molar-refractivity contribution is 7.15. The number of aromatic amines is 1. The van der Waals surface area contributed by atoms with E-state index in [-0.39, 0.29) is 18.0 Å². The topological polar surface area (TPSA) is 90.1 Å². The van der Waals surface area contributed by atoms with E-state index in [1.54, 1.807) is 22.3 Å². The highest BCUT2D eigenvalue weighted by Gasteiger charge is 2.25. The molecule has 1 aliphatic rings. The van der Waals surface area contributed by atoms with Gasteiger partial charge in [0.15, 0.2) is 5.69 Å². The SMILES string of the molecule is Cc1ccc(-c2cc(C(=O)NC3CCN(C(=O)Nc4ccccc4)CC3)n[nH]2)s1. The average molecular weight is 410 g/mol. The molecule has 3 heterocycles. The third kappa shape index (κ3) is 4.65. The minimum atomic E-state index is -0.187. The fraction of sp³-hybridized carbons (Fsp3) is 0.286. The van der Waals surface area contributed by atoms with Crippen LogP contribution in [0.1, 0.15) is 28.2 Å². The summed E-state index contributed by atoms with van der Waals surface area (Å²) in [7, 11) is 0. The molecule has 3 N–H and O–H groups in total. The number of amides is 3. The summed E-state index contributed by atoms with van der Waals surface area (Å²) in [5.41, 5.74) is 2.01. The molecule has 8 heteroatoms. The van der Waals surface area contributed by atoms with Gasteiger partial charge >= 0.3 is 6.03 Å². The number of H-pyrrole nitrogens is 1. The lowest BCUT2D eigenvalue weighted by molar-refractivity contribution is 0.0914. The molecular formula is C21H23N5O2S. The maximum atomic E-state index is 12.5. The predicted molar refractivity (Wildman–Crippen MR) is 114 cm³/mol. The Labute approximate surface area is 173 Å². The Morgan fingerprint density at radius 2 is 1.90 bits per heavy atom. The molecule has 4 rings (SSSR count). The Hall–Kier alpha value is -3.13. The van der Waals surface area contributed by atoms with E-state index < -0.39 is 0 Å². The van der Waals surface area contributed by atoms with Crippen molar-refractivity contribution in [3.05, 3.63) is 59.1 Å². The van der Waals surface area contributed by atoms with Gasteiger partial charge in [0, 0.05) is 29.7 Å². The van der Waals surface area contributed by atoms with Gasteiger partial charge in [-0.05, 0) is 50.1 Å². The van der Waals surface area contributed by atoms with Crippen LogP contribution in [0, 0.1) is 6.92 Å². The number of hydrogen-bond donors (Lipinski definition) is 3. The van der Waals surface area contributed by atoms with Crippen molar-refractivity contribution in [2.24, 2.45) is 0 Å². The number of anilines is 1. The maximum absolute atomic E-state index is 12.5. The second kappa shape index (κ2) is 8.48. The van der Waals surface area contributed by atoms with Crippen molar-refractivity contribution in [3.63, 3.8) is 0 Å². The Balaban J connectivity index is 1.28. The van der Waals surface area contributed by atoms with Crippen molar-refractivity contribution >= 4 is 29.0 Å². The van der Waals surface area contributed by atoms with Crippen molar-refractivity contribution in [1.82, 2.24) is 20.4 Å². The monoisotopic (exact) mass is 409 g/mol. The van der Waals surface area contributed by atoms with E-state index in [1.807, 2.05) is 49.4 Å². The van der Waals surface area contributed by atoms with Crippen LogP contribution in [0.3, 0.4) is 0 Å². The van der Waals surface area contributed by atoms with E-state index in [2.05, 4.69) is 20.8 Å². The first-order valence-electron chi connectivity index (χ1n) is 9.62. The number of carbonyl (C=O) groups excluding carboxylic acids is 2. The third-order valence-electron chi connectivity index (χ3n) is 4.96. The fourth-order valence-electron chi connectivity index (χ4n) is 3.35. The highest BCUT2D eigenvalue weighted by Crippen LogP contribution is 2.26. The smallest absolute Gasteiger partial charge is 0.321 e. The van der Waals surface area contributed by atoms with E-state index in [0.717, 1.165) is 29.1 Å². The van der Waals surface area contributed by atoms with Crippen LogP contribution in [0.2, 0.25) is 0 Å². The van der Waals surface area contributed by atoms with E-state index in [0.29, 0.717) is 18.8 Å². The number of hydrogen-bond acceptors (Lipinski definition) is 4. The number of likely N-dealkylation sites (tertiary alicyclic amines) is 1. The average Bonchev–Trinajstić information content (AvgIpc) is 3.38. The number of aryl methyl sites for hydroxylation is 1. The summed E-state index contributed by atoms with van der Waals surface area (Å²) in [6, 6.07) is 15.2. The molecule has 3 aromatic rings. The lowest BCUT2D eigenvalue weighted by atomic mass is 10.1. The molecule has 7 nitrogen and oxygen atoms in total. The number of rotatable bonds is 4. The zero-order chi connectivity index (χ0) is 20.2. The normalized spacial score (nSPS) is 14.6. The van der Waals surface area contributed by atoms with Gasteiger partial charge in [-0.1, -0.05) is 18.2 Å². The molecule has 0 aliphatic carbocycles. The molecule has 0 atom stereocenters. The third-order valence-corrected chi connectivity index (χ3v) is 5.99. The first-order valence-corrected chi connectivity index (χ1v) is 10.4. The van der Waals surface area contributed by atoms with Crippen LogP contribution in [0.25, 0.3) is 10.6 Å². The summed E-state index contributed by atoms with van der Waals surface area (Å²) in [6.07, 6.45) is 1.44. The second-order valence-corrected chi connectivity index (χ2v) is 8.40. The number of aromatic nitrogens is 2. The van der Waals surface area contributed by atoms with Gasteiger partial charge in [0.05, 0.1) is 10.6 Å². The number of benzene rings is 1. The predicted octanol–water partition coefficient (Wildman–Crippen LogP) is 3.87. The first-order chi connectivity index (χ1) is 14.1.